The fourth-order valence-electron chi connectivity index (χ4n) is 2.49. The van der Waals surface area contributed by atoms with Crippen LogP contribution < -0.4 is 16.1 Å². The van der Waals surface area contributed by atoms with Crippen LogP contribution in [-0.2, 0) is 14.1 Å². The third kappa shape index (κ3) is 2.80. The molecule has 2 aromatic rings. The van der Waals surface area contributed by atoms with E-state index in [9.17, 15) is 9.59 Å². The van der Waals surface area contributed by atoms with Crippen molar-refractivity contribution in [2.24, 2.45) is 14.1 Å². The first-order valence-corrected chi connectivity index (χ1v) is 7.83. The zero-order chi connectivity index (χ0) is 16.3. The number of aryl methyl sites for hydroxylation is 1. The first kappa shape index (κ1) is 16.3. The maximum absolute atomic E-state index is 12.5. The largest absolute Gasteiger partial charge is 0.340 e. The van der Waals surface area contributed by atoms with Gasteiger partial charge in [-0.2, -0.15) is 0 Å². The highest BCUT2D eigenvalue weighted by molar-refractivity contribution is 5.85. The molecule has 0 spiro atoms. The summed E-state index contributed by atoms with van der Waals surface area (Å²) in [7, 11) is 3.07. The molecular weight excluding hydrogens is 284 g/mol. The van der Waals surface area contributed by atoms with Crippen LogP contribution in [0.2, 0.25) is 0 Å². The lowest BCUT2D eigenvalue weighted by Crippen LogP contribution is -2.37. The number of hydrogen-bond donors (Lipinski definition) is 0. The summed E-state index contributed by atoms with van der Waals surface area (Å²) in [5.74, 6) is 0.480. The first-order chi connectivity index (χ1) is 10.5. The number of hydrogen-bond acceptors (Lipinski definition) is 5. The quantitative estimate of drug-likeness (QED) is 0.777. The van der Waals surface area contributed by atoms with E-state index in [1.54, 1.807) is 7.05 Å². The predicted molar refractivity (Wildman–Crippen MR) is 86.5 cm³/mol. The van der Waals surface area contributed by atoms with Crippen molar-refractivity contribution in [1.82, 2.24) is 14.3 Å². The summed E-state index contributed by atoms with van der Waals surface area (Å²) >= 11 is 0. The molecule has 0 saturated heterocycles. The van der Waals surface area contributed by atoms with Crippen molar-refractivity contribution >= 4 is 16.9 Å². The molecule has 0 radical (unpaired) electrons. The lowest BCUT2D eigenvalue weighted by Gasteiger charge is -2.21. The molecule has 0 bridgehead atoms. The number of nitrogens with zero attached hydrogens (tertiary/aromatic N) is 4. The Hall–Kier alpha value is -2.05. The van der Waals surface area contributed by atoms with Gasteiger partial charge < -0.3 is 9.42 Å². The third-order valence-corrected chi connectivity index (χ3v) is 3.92. The molecule has 7 heteroatoms. The standard InChI is InChI=1S/C15H24N4O3/c1-5-7-9-19(10-8-6-2)14-11-12(16-22-14)17(3)15(21)18(4)13(11)20/h5-10H2,1-4H3. The van der Waals surface area contributed by atoms with Crippen molar-refractivity contribution in [3.8, 4) is 0 Å². The van der Waals surface area contributed by atoms with Gasteiger partial charge in [0, 0.05) is 27.2 Å². The summed E-state index contributed by atoms with van der Waals surface area (Å²) < 4.78 is 7.89. The van der Waals surface area contributed by atoms with E-state index in [0.29, 0.717) is 16.9 Å². The minimum atomic E-state index is -0.397. The second kappa shape index (κ2) is 6.81. The maximum Gasteiger partial charge on any atom is 0.332 e. The van der Waals surface area contributed by atoms with E-state index in [1.807, 2.05) is 0 Å². The molecule has 0 fully saturated rings. The molecule has 2 rings (SSSR count). The van der Waals surface area contributed by atoms with E-state index in [0.717, 1.165) is 43.3 Å². The lowest BCUT2D eigenvalue weighted by atomic mass is 10.2. The molecule has 0 aliphatic heterocycles. The van der Waals surface area contributed by atoms with Gasteiger partial charge in [0.15, 0.2) is 5.65 Å². The minimum Gasteiger partial charge on any atom is -0.340 e. The van der Waals surface area contributed by atoms with E-state index in [1.165, 1.54) is 11.6 Å². The van der Waals surface area contributed by atoms with Crippen molar-refractivity contribution in [3.63, 3.8) is 0 Å². The van der Waals surface area contributed by atoms with Crippen LogP contribution in [0.1, 0.15) is 39.5 Å². The molecule has 0 amide bonds. The normalized spacial score (nSPS) is 11.3. The molecule has 2 aromatic heterocycles. The van der Waals surface area contributed by atoms with Gasteiger partial charge in [0.1, 0.15) is 5.39 Å². The van der Waals surface area contributed by atoms with Gasteiger partial charge in [-0.15, -0.1) is 0 Å². The van der Waals surface area contributed by atoms with Gasteiger partial charge >= 0.3 is 5.69 Å². The Labute approximate surface area is 129 Å². The molecule has 0 aliphatic rings. The van der Waals surface area contributed by atoms with Gasteiger partial charge in [0.05, 0.1) is 0 Å². The van der Waals surface area contributed by atoms with E-state index < -0.39 is 5.69 Å². The molecular formula is C15H24N4O3. The molecule has 0 aromatic carbocycles. The summed E-state index contributed by atoms with van der Waals surface area (Å²) in [4.78, 5) is 26.5. The molecule has 7 nitrogen and oxygen atoms in total. The molecule has 2 heterocycles. The zero-order valence-corrected chi connectivity index (χ0v) is 13.8. The summed E-state index contributed by atoms with van der Waals surface area (Å²) in [6.07, 6.45) is 4.15. The molecule has 0 unspecified atom stereocenters. The van der Waals surface area contributed by atoms with Crippen LogP contribution in [0.25, 0.3) is 11.0 Å². The SMILES string of the molecule is CCCCN(CCCC)c1onc2c1c(=O)n(C)c(=O)n2C. The van der Waals surface area contributed by atoms with Crippen LogP contribution in [0, 0.1) is 0 Å². The monoisotopic (exact) mass is 308 g/mol. The Balaban J connectivity index is 2.58. The number of anilines is 1. The van der Waals surface area contributed by atoms with Gasteiger partial charge in [-0.05, 0) is 12.8 Å². The van der Waals surface area contributed by atoms with Gasteiger partial charge in [0.25, 0.3) is 5.56 Å². The van der Waals surface area contributed by atoms with E-state index in [-0.39, 0.29) is 5.56 Å². The van der Waals surface area contributed by atoms with Crippen LogP contribution in [0.4, 0.5) is 5.88 Å². The van der Waals surface area contributed by atoms with Crippen molar-refractivity contribution in [1.29, 1.82) is 0 Å². The van der Waals surface area contributed by atoms with Crippen molar-refractivity contribution < 1.29 is 4.52 Å². The van der Waals surface area contributed by atoms with E-state index in [4.69, 9.17) is 4.52 Å². The molecule has 22 heavy (non-hydrogen) atoms. The highest BCUT2D eigenvalue weighted by Crippen LogP contribution is 2.23. The zero-order valence-electron chi connectivity index (χ0n) is 13.8. The van der Waals surface area contributed by atoms with Gasteiger partial charge in [-0.3, -0.25) is 13.9 Å². The third-order valence-electron chi connectivity index (χ3n) is 3.92. The van der Waals surface area contributed by atoms with Crippen LogP contribution >= 0.6 is 0 Å². The lowest BCUT2D eigenvalue weighted by molar-refractivity contribution is 0.417. The highest BCUT2D eigenvalue weighted by atomic mass is 16.5. The molecule has 0 atom stereocenters. The van der Waals surface area contributed by atoms with Crippen molar-refractivity contribution in [2.75, 3.05) is 18.0 Å². The van der Waals surface area contributed by atoms with Crippen molar-refractivity contribution in [3.05, 3.63) is 20.8 Å². The minimum absolute atomic E-state index is 0.307. The summed E-state index contributed by atoms with van der Waals surface area (Å²) in [6, 6.07) is 0. The summed E-state index contributed by atoms with van der Waals surface area (Å²) in [5, 5.41) is 4.34. The molecule has 0 saturated carbocycles. The number of fused-ring (bicyclic) bond motifs is 1. The smallest absolute Gasteiger partial charge is 0.332 e. The number of aromatic nitrogens is 3. The fraction of sp³-hybridized carbons (Fsp3) is 0.667. The maximum atomic E-state index is 12.5. The van der Waals surface area contributed by atoms with Gasteiger partial charge in [-0.25, -0.2) is 4.79 Å². The number of unbranched alkanes of at least 4 members (excludes halogenated alkanes) is 2. The number of rotatable bonds is 7. The second-order valence-corrected chi connectivity index (χ2v) is 5.59. The summed E-state index contributed by atoms with van der Waals surface area (Å²) in [5.41, 5.74) is -0.445. The molecule has 122 valence electrons. The Kier molecular flexibility index (Phi) is 5.05. The van der Waals surface area contributed by atoms with E-state index >= 15 is 0 Å². The van der Waals surface area contributed by atoms with Crippen LogP contribution in [0.3, 0.4) is 0 Å². The van der Waals surface area contributed by atoms with Crippen LogP contribution in [0.15, 0.2) is 14.1 Å². The van der Waals surface area contributed by atoms with Crippen molar-refractivity contribution in [2.45, 2.75) is 39.5 Å². The second-order valence-electron chi connectivity index (χ2n) is 5.59. The van der Waals surface area contributed by atoms with E-state index in [2.05, 4.69) is 23.9 Å². The van der Waals surface area contributed by atoms with Crippen LogP contribution in [0.5, 0.6) is 0 Å². The average molecular weight is 308 g/mol. The topological polar surface area (TPSA) is 73.3 Å². The fourth-order valence-corrected chi connectivity index (χ4v) is 2.49. The first-order valence-electron chi connectivity index (χ1n) is 7.83. The predicted octanol–water partition coefficient (Wildman–Crippen LogP) is 1.63. The summed E-state index contributed by atoms with van der Waals surface area (Å²) in [6.45, 7) is 5.87. The Bertz CT molecular complexity index is 748. The van der Waals surface area contributed by atoms with Crippen LogP contribution in [-0.4, -0.2) is 27.4 Å². The molecule has 0 N–H and O–H groups in total. The highest BCUT2D eigenvalue weighted by Gasteiger charge is 2.22. The Morgan fingerprint density at radius 2 is 1.64 bits per heavy atom. The van der Waals surface area contributed by atoms with Gasteiger partial charge in [-0.1, -0.05) is 31.8 Å². The Morgan fingerprint density at radius 3 is 2.18 bits per heavy atom. The van der Waals surface area contributed by atoms with Gasteiger partial charge in [0.2, 0.25) is 5.88 Å². The average Bonchev–Trinajstić information content (AvgIpc) is 2.96. The molecule has 0 aliphatic carbocycles. The Morgan fingerprint density at radius 1 is 1.05 bits per heavy atom.